The van der Waals surface area contributed by atoms with E-state index >= 15 is 0 Å². The molecular weight excluding hydrogens is 284 g/mol. The van der Waals surface area contributed by atoms with Crippen molar-refractivity contribution in [1.82, 2.24) is 0 Å². The molecule has 0 bridgehead atoms. The number of para-hydroxylation sites is 1. The lowest BCUT2D eigenvalue weighted by Crippen LogP contribution is -1.99. The Hall–Kier alpha value is -1.80. The van der Waals surface area contributed by atoms with Crippen LogP contribution in [0.3, 0.4) is 0 Å². The van der Waals surface area contributed by atoms with Gasteiger partial charge in [-0.1, -0.05) is 30.0 Å². The van der Waals surface area contributed by atoms with Gasteiger partial charge in [-0.05, 0) is 24.1 Å². The van der Waals surface area contributed by atoms with Gasteiger partial charge in [-0.3, -0.25) is 0 Å². The van der Waals surface area contributed by atoms with Crippen LogP contribution in [0.25, 0.3) is 0 Å². The summed E-state index contributed by atoms with van der Waals surface area (Å²) < 4.78 is 5.83. The van der Waals surface area contributed by atoms with Crippen molar-refractivity contribution in [1.29, 1.82) is 0 Å². The lowest BCUT2D eigenvalue weighted by atomic mass is 10.1. The van der Waals surface area contributed by atoms with Crippen molar-refractivity contribution in [2.24, 2.45) is 0 Å². The van der Waals surface area contributed by atoms with Gasteiger partial charge in [0.25, 0.3) is 0 Å². The molecule has 1 heterocycles. The number of benzene rings is 1. The number of aliphatic hydroxyl groups excluding tert-OH is 2. The maximum atomic E-state index is 9.05. The molecule has 2 N–H and O–H groups in total. The second-order valence-corrected chi connectivity index (χ2v) is 5.44. The second kappa shape index (κ2) is 8.48. The topological polar surface area (TPSA) is 49.7 Å². The van der Waals surface area contributed by atoms with Crippen molar-refractivity contribution in [3.05, 3.63) is 51.7 Å². The summed E-state index contributed by atoms with van der Waals surface area (Å²) in [7, 11) is 0. The molecule has 0 saturated heterocycles. The zero-order chi connectivity index (χ0) is 14.9. The number of aliphatic hydroxyl groups is 2. The molecule has 2 aromatic rings. The Kier molecular flexibility index (Phi) is 6.29. The standard InChI is InChI=1S/C17H18O3S/c18-9-4-3-5-14-11-16(21-13-14)12-20-17-7-2-1-6-15(17)8-10-19/h1-2,6-7,11,13,18-19H,4,8-10,12H2. The molecular formula is C17H18O3S. The van der Waals surface area contributed by atoms with Crippen molar-refractivity contribution in [2.45, 2.75) is 19.4 Å². The van der Waals surface area contributed by atoms with Crippen molar-refractivity contribution in [3.63, 3.8) is 0 Å². The van der Waals surface area contributed by atoms with Gasteiger partial charge in [0, 0.05) is 28.8 Å². The van der Waals surface area contributed by atoms with Crippen molar-refractivity contribution in [3.8, 4) is 17.6 Å². The first-order valence-corrected chi connectivity index (χ1v) is 7.70. The Bertz CT molecular complexity index is 622. The molecule has 1 aromatic heterocycles. The van der Waals surface area contributed by atoms with E-state index in [9.17, 15) is 0 Å². The molecule has 1 aromatic carbocycles. The average Bonchev–Trinajstić information content (AvgIpc) is 2.95. The van der Waals surface area contributed by atoms with Gasteiger partial charge in [0.05, 0.1) is 6.61 Å². The first-order valence-electron chi connectivity index (χ1n) is 6.82. The minimum Gasteiger partial charge on any atom is -0.488 e. The molecule has 3 nitrogen and oxygen atoms in total. The van der Waals surface area contributed by atoms with Crippen LogP contribution in [0.1, 0.15) is 22.4 Å². The lowest BCUT2D eigenvalue weighted by molar-refractivity contribution is 0.285. The van der Waals surface area contributed by atoms with E-state index in [0.29, 0.717) is 19.4 Å². The molecule has 4 heteroatoms. The summed E-state index contributed by atoms with van der Waals surface area (Å²) in [4.78, 5) is 1.10. The maximum Gasteiger partial charge on any atom is 0.123 e. The Morgan fingerprint density at radius 2 is 2.00 bits per heavy atom. The van der Waals surface area contributed by atoms with Crippen LogP contribution >= 0.6 is 11.3 Å². The monoisotopic (exact) mass is 302 g/mol. The summed E-state index contributed by atoms with van der Waals surface area (Å²) in [5, 5.41) is 19.7. The van der Waals surface area contributed by atoms with Crippen molar-refractivity contribution >= 4 is 11.3 Å². The highest BCUT2D eigenvalue weighted by molar-refractivity contribution is 7.10. The van der Waals surface area contributed by atoms with Crippen LogP contribution in [-0.2, 0) is 13.0 Å². The van der Waals surface area contributed by atoms with Gasteiger partial charge in [-0.15, -0.1) is 11.3 Å². The number of hydrogen-bond acceptors (Lipinski definition) is 4. The molecule has 21 heavy (non-hydrogen) atoms. The number of rotatable bonds is 6. The van der Waals surface area contributed by atoms with Crippen LogP contribution in [0.2, 0.25) is 0 Å². The molecule has 0 aliphatic rings. The highest BCUT2D eigenvalue weighted by atomic mass is 32.1. The summed E-state index contributed by atoms with van der Waals surface area (Å²) >= 11 is 1.61. The quantitative estimate of drug-likeness (QED) is 0.806. The zero-order valence-electron chi connectivity index (χ0n) is 11.7. The van der Waals surface area contributed by atoms with E-state index in [4.69, 9.17) is 14.9 Å². The van der Waals surface area contributed by atoms with E-state index in [-0.39, 0.29) is 13.2 Å². The molecule has 0 radical (unpaired) electrons. The molecule has 0 atom stereocenters. The summed E-state index contributed by atoms with van der Waals surface area (Å²) in [6, 6.07) is 9.75. The number of thiophene rings is 1. The predicted molar refractivity (Wildman–Crippen MR) is 84.5 cm³/mol. The van der Waals surface area contributed by atoms with E-state index in [1.165, 1.54) is 0 Å². The van der Waals surface area contributed by atoms with Crippen LogP contribution in [0, 0.1) is 11.8 Å². The third kappa shape index (κ3) is 4.91. The fourth-order valence-corrected chi connectivity index (χ4v) is 2.59. The molecule has 0 spiro atoms. The fraction of sp³-hybridized carbons (Fsp3) is 0.294. The van der Waals surface area contributed by atoms with Crippen LogP contribution in [0.15, 0.2) is 35.7 Å². The normalized spacial score (nSPS) is 10.0. The predicted octanol–water partition coefficient (Wildman–Crippen LogP) is 2.60. The van der Waals surface area contributed by atoms with Gasteiger partial charge >= 0.3 is 0 Å². The van der Waals surface area contributed by atoms with E-state index < -0.39 is 0 Å². The highest BCUT2D eigenvalue weighted by Crippen LogP contribution is 2.21. The summed E-state index contributed by atoms with van der Waals surface area (Å²) in [6.45, 7) is 0.702. The molecule has 0 aliphatic heterocycles. The molecule has 110 valence electrons. The smallest absolute Gasteiger partial charge is 0.123 e. The molecule has 0 aliphatic carbocycles. The third-order valence-corrected chi connectivity index (χ3v) is 3.76. The van der Waals surface area contributed by atoms with Gasteiger partial charge in [0.1, 0.15) is 12.4 Å². The van der Waals surface area contributed by atoms with Crippen LogP contribution < -0.4 is 4.74 Å². The molecule has 2 rings (SSSR count). The largest absolute Gasteiger partial charge is 0.488 e. The van der Waals surface area contributed by atoms with Gasteiger partial charge in [0.2, 0.25) is 0 Å². The number of ether oxygens (including phenoxy) is 1. The Morgan fingerprint density at radius 1 is 1.14 bits per heavy atom. The van der Waals surface area contributed by atoms with Gasteiger partial charge in [0.15, 0.2) is 0 Å². The highest BCUT2D eigenvalue weighted by Gasteiger charge is 2.04. The SMILES string of the molecule is OCCC#Cc1csc(COc2ccccc2CCO)c1. The van der Waals surface area contributed by atoms with E-state index in [0.717, 1.165) is 21.8 Å². The van der Waals surface area contributed by atoms with Crippen LogP contribution in [-0.4, -0.2) is 23.4 Å². The average molecular weight is 302 g/mol. The number of hydrogen-bond donors (Lipinski definition) is 2. The Morgan fingerprint density at radius 3 is 2.81 bits per heavy atom. The van der Waals surface area contributed by atoms with E-state index in [1.807, 2.05) is 35.7 Å². The Balaban J connectivity index is 1.96. The first-order chi connectivity index (χ1) is 10.3. The van der Waals surface area contributed by atoms with Crippen molar-refractivity contribution in [2.75, 3.05) is 13.2 Å². The molecule has 0 saturated carbocycles. The van der Waals surface area contributed by atoms with Crippen LogP contribution in [0.4, 0.5) is 0 Å². The van der Waals surface area contributed by atoms with Crippen molar-refractivity contribution < 1.29 is 14.9 Å². The maximum absolute atomic E-state index is 9.05. The first kappa shape index (κ1) is 15.6. The van der Waals surface area contributed by atoms with Crippen LogP contribution in [0.5, 0.6) is 5.75 Å². The summed E-state index contributed by atoms with van der Waals surface area (Å²) in [5.41, 5.74) is 1.97. The summed E-state index contributed by atoms with van der Waals surface area (Å²) in [6.07, 6.45) is 1.09. The minimum atomic E-state index is 0.0920. The fourth-order valence-electron chi connectivity index (χ4n) is 1.86. The Labute approximate surface area is 128 Å². The van der Waals surface area contributed by atoms with E-state index in [2.05, 4.69) is 11.8 Å². The van der Waals surface area contributed by atoms with Gasteiger partial charge in [-0.2, -0.15) is 0 Å². The van der Waals surface area contributed by atoms with E-state index in [1.54, 1.807) is 11.3 Å². The molecule has 0 amide bonds. The molecule has 0 unspecified atom stereocenters. The third-order valence-electron chi connectivity index (χ3n) is 2.85. The molecule has 0 fully saturated rings. The van der Waals surface area contributed by atoms with Gasteiger partial charge in [-0.25, -0.2) is 0 Å². The lowest BCUT2D eigenvalue weighted by Gasteiger charge is -2.09. The zero-order valence-corrected chi connectivity index (χ0v) is 12.5. The second-order valence-electron chi connectivity index (χ2n) is 4.45. The summed E-state index contributed by atoms with van der Waals surface area (Å²) in [5.74, 6) is 6.72. The minimum absolute atomic E-state index is 0.0920. The van der Waals surface area contributed by atoms with Gasteiger partial charge < -0.3 is 14.9 Å².